The third kappa shape index (κ3) is 2.71. The zero-order valence-corrected chi connectivity index (χ0v) is 13.0. The van der Waals surface area contributed by atoms with Crippen molar-refractivity contribution in [1.82, 2.24) is 10.2 Å². The average Bonchev–Trinajstić information content (AvgIpc) is 2.86. The second-order valence-corrected chi connectivity index (χ2v) is 7.82. The maximum absolute atomic E-state index is 12.6. The van der Waals surface area contributed by atoms with Gasteiger partial charge in [0.05, 0.1) is 11.9 Å². The summed E-state index contributed by atoms with van der Waals surface area (Å²) in [6.45, 7) is 4.96. The fraction of sp³-hybridized carbons (Fsp3) is 0.923. The first kappa shape index (κ1) is 15.7. The molecule has 1 heterocycles. The van der Waals surface area contributed by atoms with E-state index in [2.05, 4.69) is 5.32 Å². The second kappa shape index (κ2) is 5.99. The number of sulfone groups is 1. The Balaban J connectivity index is 2.39. The summed E-state index contributed by atoms with van der Waals surface area (Å²) in [6.07, 6.45) is 3.10. The molecule has 2 atom stereocenters. The smallest absolute Gasteiger partial charge is 0.327 e. The quantitative estimate of drug-likeness (QED) is 0.724. The first-order valence-electron chi connectivity index (χ1n) is 7.24. The van der Waals surface area contributed by atoms with Crippen LogP contribution >= 0.6 is 0 Å². The van der Waals surface area contributed by atoms with Gasteiger partial charge in [-0.05, 0) is 26.2 Å². The summed E-state index contributed by atoms with van der Waals surface area (Å²) < 4.78 is 29.5. The lowest BCUT2D eigenvalue weighted by Gasteiger charge is -2.44. The number of piperazine rings is 1. The van der Waals surface area contributed by atoms with Crippen molar-refractivity contribution in [2.24, 2.45) is 0 Å². The summed E-state index contributed by atoms with van der Waals surface area (Å²) in [5.41, 5.74) is -0.980. The van der Waals surface area contributed by atoms with E-state index in [9.17, 15) is 13.2 Å². The van der Waals surface area contributed by atoms with E-state index in [-0.39, 0.29) is 12.6 Å². The molecule has 2 aliphatic rings. The van der Waals surface area contributed by atoms with Gasteiger partial charge < -0.3 is 10.1 Å². The summed E-state index contributed by atoms with van der Waals surface area (Å²) in [5, 5.41) is 2.59. The van der Waals surface area contributed by atoms with Gasteiger partial charge in [0.15, 0.2) is 9.84 Å². The Bertz CT molecular complexity index is 459. The van der Waals surface area contributed by atoms with Gasteiger partial charge in [-0.25, -0.2) is 13.2 Å². The second-order valence-electron chi connectivity index (χ2n) is 5.59. The van der Waals surface area contributed by atoms with Crippen LogP contribution in [-0.4, -0.2) is 69.1 Å². The SMILES string of the molecule is CCOC(=O)C1(N2CCNCC2)CCCC1S(C)(=O)=O. The Hall–Kier alpha value is -0.660. The summed E-state index contributed by atoms with van der Waals surface area (Å²) in [4.78, 5) is 14.6. The molecule has 1 saturated heterocycles. The van der Waals surface area contributed by atoms with E-state index in [1.54, 1.807) is 6.92 Å². The van der Waals surface area contributed by atoms with Crippen LogP contribution < -0.4 is 5.32 Å². The summed E-state index contributed by atoms with van der Waals surface area (Å²) in [6, 6.07) is 0. The summed E-state index contributed by atoms with van der Waals surface area (Å²) in [5.74, 6) is -0.366. The molecule has 6 nitrogen and oxygen atoms in total. The molecule has 0 aromatic heterocycles. The van der Waals surface area contributed by atoms with Crippen molar-refractivity contribution in [3.63, 3.8) is 0 Å². The van der Waals surface area contributed by atoms with Gasteiger partial charge in [-0.2, -0.15) is 0 Å². The average molecular weight is 304 g/mol. The Morgan fingerprint density at radius 3 is 2.60 bits per heavy atom. The van der Waals surface area contributed by atoms with E-state index in [4.69, 9.17) is 4.74 Å². The molecule has 2 fully saturated rings. The van der Waals surface area contributed by atoms with Crippen molar-refractivity contribution >= 4 is 15.8 Å². The van der Waals surface area contributed by atoms with Crippen molar-refractivity contribution in [2.75, 3.05) is 39.0 Å². The molecule has 0 aromatic carbocycles. The normalized spacial score (nSPS) is 32.2. The minimum Gasteiger partial charge on any atom is -0.465 e. The number of carbonyl (C=O) groups excluding carboxylic acids is 1. The molecule has 116 valence electrons. The third-order valence-electron chi connectivity index (χ3n) is 4.38. The van der Waals surface area contributed by atoms with Crippen LogP contribution in [0.5, 0.6) is 0 Å². The lowest BCUT2D eigenvalue weighted by Crippen LogP contribution is -2.65. The molecule has 2 unspecified atom stereocenters. The number of esters is 1. The lowest BCUT2D eigenvalue weighted by molar-refractivity contribution is -0.158. The van der Waals surface area contributed by atoms with Crippen molar-refractivity contribution in [3.8, 4) is 0 Å². The first-order chi connectivity index (χ1) is 9.43. The van der Waals surface area contributed by atoms with Crippen LogP contribution in [0.4, 0.5) is 0 Å². The zero-order chi connectivity index (χ0) is 14.8. The Morgan fingerprint density at radius 1 is 1.40 bits per heavy atom. The number of hydrogen-bond donors (Lipinski definition) is 1. The number of ether oxygens (including phenoxy) is 1. The number of nitrogens with zero attached hydrogens (tertiary/aromatic N) is 1. The molecule has 1 saturated carbocycles. The van der Waals surface area contributed by atoms with Gasteiger partial charge in [-0.15, -0.1) is 0 Å². The molecule has 20 heavy (non-hydrogen) atoms. The number of hydrogen-bond acceptors (Lipinski definition) is 6. The fourth-order valence-electron chi connectivity index (χ4n) is 3.57. The molecule has 2 rings (SSSR count). The molecular weight excluding hydrogens is 280 g/mol. The van der Waals surface area contributed by atoms with Crippen LogP contribution in [0.25, 0.3) is 0 Å². The molecule has 0 bridgehead atoms. The predicted molar refractivity (Wildman–Crippen MR) is 76.3 cm³/mol. The summed E-state index contributed by atoms with van der Waals surface area (Å²) in [7, 11) is -3.29. The number of rotatable bonds is 4. The van der Waals surface area contributed by atoms with Crippen molar-refractivity contribution in [2.45, 2.75) is 37.0 Å². The van der Waals surface area contributed by atoms with Gasteiger partial charge in [0.25, 0.3) is 0 Å². The van der Waals surface area contributed by atoms with Crippen LogP contribution in [0, 0.1) is 0 Å². The van der Waals surface area contributed by atoms with Crippen molar-refractivity contribution < 1.29 is 17.9 Å². The van der Waals surface area contributed by atoms with Crippen LogP contribution in [0.1, 0.15) is 26.2 Å². The van der Waals surface area contributed by atoms with Gasteiger partial charge in [-0.3, -0.25) is 4.90 Å². The maximum Gasteiger partial charge on any atom is 0.327 e. The predicted octanol–water partition coefficient (Wildman–Crippen LogP) is -0.209. The molecule has 0 aromatic rings. The standard InChI is InChI=1S/C13H24N2O4S/c1-3-19-12(16)13(15-9-7-14-8-10-15)6-4-5-11(13)20(2,17)18/h11,14H,3-10H2,1-2H3. The minimum absolute atomic E-state index is 0.281. The fourth-order valence-corrected chi connectivity index (χ4v) is 5.24. The van der Waals surface area contributed by atoms with Gasteiger partial charge in [0.1, 0.15) is 5.54 Å². The highest BCUT2D eigenvalue weighted by Gasteiger charge is 2.58. The largest absolute Gasteiger partial charge is 0.465 e. The van der Waals surface area contributed by atoms with Crippen molar-refractivity contribution in [1.29, 1.82) is 0 Å². The zero-order valence-electron chi connectivity index (χ0n) is 12.2. The van der Waals surface area contributed by atoms with E-state index in [0.29, 0.717) is 25.9 Å². The van der Waals surface area contributed by atoms with E-state index >= 15 is 0 Å². The Labute approximate surface area is 120 Å². The Morgan fingerprint density at radius 2 is 2.05 bits per heavy atom. The van der Waals surface area contributed by atoms with E-state index in [1.807, 2.05) is 4.90 Å². The molecule has 1 N–H and O–H groups in total. The third-order valence-corrected chi connectivity index (χ3v) is 6.04. The van der Waals surface area contributed by atoms with Gasteiger partial charge >= 0.3 is 5.97 Å². The van der Waals surface area contributed by atoms with E-state index < -0.39 is 20.6 Å². The highest BCUT2D eigenvalue weighted by molar-refractivity contribution is 7.91. The first-order valence-corrected chi connectivity index (χ1v) is 9.20. The van der Waals surface area contributed by atoms with Crippen LogP contribution in [-0.2, 0) is 19.4 Å². The number of carbonyl (C=O) groups is 1. The Kier molecular flexibility index (Phi) is 4.71. The van der Waals surface area contributed by atoms with Crippen LogP contribution in [0.3, 0.4) is 0 Å². The van der Waals surface area contributed by atoms with Gasteiger partial charge in [0.2, 0.25) is 0 Å². The highest BCUT2D eigenvalue weighted by Crippen LogP contribution is 2.40. The molecular formula is C13H24N2O4S. The van der Waals surface area contributed by atoms with Crippen molar-refractivity contribution in [3.05, 3.63) is 0 Å². The van der Waals surface area contributed by atoms with Gasteiger partial charge in [0, 0.05) is 32.4 Å². The van der Waals surface area contributed by atoms with Crippen LogP contribution in [0.15, 0.2) is 0 Å². The highest BCUT2D eigenvalue weighted by atomic mass is 32.2. The molecule has 1 aliphatic heterocycles. The van der Waals surface area contributed by atoms with E-state index in [1.165, 1.54) is 6.26 Å². The van der Waals surface area contributed by atoms with E-state index in [0.717, 1.165) is 19.5 Å². The van der Waals surface area contributed by atoms with Gasteiger partial charge in [-0.1, -0.05) is 0 Å². The molecule has 0 amide bonds. The lowest BCUT2D eigenvalue weighted by atomic mass is 9.93. The maximum atomic E-state index is 12.6. The molecule has 1 aliphatic carbocycles. The summed E-state index contributed by atoms with van der Waals surface area (Å²) >= 11 is 0. The molecule has 0 radical (unpaired) electrons. The molecule has 7 heteroatoms. The molecule has 0 spiro atoms. The topological polar surface area (TPSA) is 75.7 Å². The minimum atomic E-state index is -3.29. The van der Waals surface area contributed by atoms with Crippen LogP contribution in [0.2, 0.25) is 0 Å². The number of nitrogens with one attached hydrogen (secondary N) is 1. The monoisotopic (exact) mass is 304 g/mol.